The number of primary amides is 1. The van der Waals surface area contributed by atoms with Crippen molar-refractivity contribution in [1.82, 2.24) is 0 Å². The van der Waals surface area contributed by atoms with Gasteiger partial charge in [0.15, 0.2) is 9.84 Å². The zero-order valence-electron chi connectivity index (χ0n) is 15.0. The number of anilines is 1. The third-order valence-electron chi connectivity index (χ3n) is 4.10. The molecular formula is C19H18N2O6S. The SMILES string of the molecule is COc1ccc(S(=O)(=O)CCC(=O)Nc2c(C(N)=O)oc3ccccc23)cc1. The van der Waals surface area contributed by atoms with E-state index in [1.165, 1.54) is 31.4 Å². The second-order valence-electron chi connectivity index (χ2n) is 5.96. The highest BCUT2D eigenvalue weighted by atomic mass is 32.2. The molecule has 2 amide bonds. The Labute approximate surface area is 161 Å². The van der Waals surface area contributed by atoms with E-state index in [2.05, 4.69) is 5.32 Å². The molecule has 0 atom stereocenters. The Morgan fingerprint density at radius 3 is 2.43 bits per heavy atom. The van der Waals surface area contributed by atoms with Crippen LogP contribution in [-0.4, -0.2) is 33.1 Å². The van der Waals surface area contributed by atoms with E-state index in [4.69, 9.17) is 14.9 Å². The highest BCUT2D eigenvalue weighted by Crippen LogP contribution is 2.30. The Morgan fingerprint density at radius 2 is 1.79 bits per heavy atom. The summed E-state index contributed by atoms with van der Waals surface area (Å²) in [6.45, 7) is 0. The molecule has 9 heteroatoms. The van der Waals surface area contributed by atoms with Crippen LogP contribution in [0.5, 0.6) is 5.75 Å². The van der Waals surface area contributed by atoms with Crippen LogP contribution in [0.3, 0.4) is 0 Å². The molecule has 3 N–H and O–H groups in total. The van der Waals surface area contributed by atoms with E-state index in [9.17, 15) is 18.0 Å². The van der Waals surface area contributed by atoms with Crippen LogP contribution in [-0.2, 0) is 14.6 Å². The standard InChI is InChI=1S/C19H18N2O6S/c1-26-12-6-8-13(9-7-12)28(24,25)11-10-16(22)21-17-14-4-2-3-5-15(14)27-18(17)19(20)23/h2-9H,10-11H2,1H3,(H2,20,23)(H,21,22). The molecular weight excluding hydrogens is 384 g/mol. The fourth-order valence-corrected chi connectivity index (χ4v) is 3.91. The van der Waals surface area contributed by atoms with Gasteiger partial charge < -0.3 is 20.2 Å². The predicted octanol–water partition coefficient (Wildman–Crippen LogP) is 2.34. The molecule has 0 saturated carbocycles. The average molecular weight is 402 g/mol. The molecule has 146 valence electrons. The van der Waals surface area contributed by atoms with Gasteiger partial charge in [-0.2, -0.15) is 0 Å². The van der Waals surface area contributed by atoms with Gasteiger partial charge in [0.25, 0.3) is 5.91 Å². The van der Waals surface area contributed by atoms with Crippen molar-refractivity contribution in [2.24, 2.45) is 5.73 Å². The highest BCUT2D eigenvalue weighted by molar-refractivity contribution is 7.91. The van der Waals surface area contributed by atoms with Crippen molar-refractivity contribution < 1.29 is 27.2 Å². The van der Waals surface area contributed by atoms with E-state index in [0.717, 1.165) is 0 Å². The summed E-state index contributed by atoms with van der Waals surface area (Å²) < 4.78 is 35.2. The Balaban J connectivity index is 1.75. The third kappa shape index (κ3) is 3.99. The van der Waals surface area contributed by atoms with Gasteiger partial charge in [-0.3, -0.25) is 9.59 Å². The third-order valence-corrected chi connectivity index (χ3v) is 5.83. The Kier molecular flexibility index (Phi) is 5.36. The van der Waals surface area contributed by atoms with Crippen molar-refractivity contribution in [2.45, 2.75) is 11.3 Å². The van der Waals surface area contributed by atoms with E-state index in [1.807, 2.05) is 0 Å². The summed E-state index contributed by atoms with van der Waals surface area (Å²) in [7, 11) is -2.18. The van der Waals surface area contributed by atoms with Gasteiger partial charge in [-0.05, 0) is 36.4 Å². The van der Waals surface area contributed by atoms with Crippen LogP contribution >= 0.6 is 0 Å². The van der Waals surface area contributed by atoms with Crippen molar-refractivity contribution in [3.8, 4) is 5.75 Å². The fourth-order valence-electron chi connectivity index (χ4n) is 2.67. The van der Waals surface area contributed by atoms with Gasteiger partial charge in [0, 0.05) is 11.8 Å². The predicted molar refractivity (Wildman–Crippen MR) is 103 cm³/mol. The highest BCUT2D eigenvalue weighted by Gasteiger charge is 2.22. The van der Waals surface area contributed by atoms with Crippen LogP contribution in [0.1, 0.15) is 17.0 Å². The van der Waals surface area contributed by atoms with Crippen LogP contribution in [0.15, 0.2) is 57.8 Å². The van der Waals surface area contributed by atoms with Crippen LogP contribution in [0.2, 0.25) is 0 Å². The van der Waals surface area contributed by atoms with Gasteiger partial charge in [0.05, 0.1) is 17.8 Å². The first-order valence-corrected chi connectivity index (χ1v) is 9.95. The molecule has 1 aromatic heterocycles. The molecule has 0 fully saturated rings. The zero-order valence-corrected chi connectivity index (χ0v) is 15.8. The number of furan rings is 1. The number of nitrogens with one attached hydrogen (secondary N) is 1. The lowest BCUT2D eigenvalue weighted by Gasteiger charge is -2.07. The molecule has 0 aliphatic rings. The van der Waals surface area contributed by atoms with E-state index < -0.39 is 27.4 Å². The average Bonchev–Trinajstić information content (AvgIpc) is 3.05. The summed E-state index contributed by atoms with van der Waals surface area (Å²) in [5.41, 5.74) is 5.83. The molecule has 0 radical (unpaired) electrons. The number of carbonyl (C=O) groups excluding carboxylic acids is 2. The number of hydrogen-bond donors (Lipinski definition) is 2. The first-order valence-electron chi connectivity index (χ1n) is 8.30. The number of nitrogens with two attached hydrogens (primary N) is 1. The van der Waals surface area contributed by atoms with E-state index in [-0.39, 0.29) is 22.8 Å². The van der Waals surface area contributed by atoms with Gasteiger partial charge in [0.1, 0.15) is 17.0 Å². The lowest BCUT2D eigenvalue weighted by molar-refractivity contribution is -0.115. The number of methoxy groups -OCH3 is 1. The Hall–Kier alpha value is -3.33. The number of amides is 2. The molecule has 0 aliphatic carbocycles. The maximum absolute atomic E-state index is 12.4. The number of para-hydroxylation sites is 1. The number of sulfone groups is 1. The van der Waals surface area contributed by atoms with Crippen molar-refractivity contribution in [3.63, 3.8) is 0 Å². The maximum Gasteiger partial charge on any atom is 0.286 e. The molecule has 0 aliphatic heterocycles. The van der Waals surface area contributed by atoms with Crippen molar-refractivity contribution >= 4 is 38.3 Å². The van der Waals surface area contributed by atoms with Crippen molar-refractivity contribution in [2.75, 3.05) is 18.2 Å². The quantitative estimate of drug-likeness (QED) is 0.624. The van der Waals surface area contributed by atoms with Gasteiger partial charge in [0.2, 0.25) is 11.7 Å². The number of ether oxygens (including phenoxy) is 1. The maximum atomic E-state index is 12.4. The minimum Gasteiger partial charge on any atom is -0.497 e. The smallest absolute Gasteiger partial charge is 0.286 e. The summed E-state index contributed by atoms with van der Waals surface area (Å²) in [5, 5.41) is 3.04. The molecule has 3 rings (SSSR count). The minimum atomic E-state index is -3.66. The molecule has 28 heavy (non-hydrogen) atoms. The van der Waals surface area contributed by atoms with Crippen LogP contribution < -0.4 is 15.8 Å². The van der Waals surface area contributed by atoms with E-state index in [0.29, 0.717) is 16.7 Å². The zero-order chi connectivity index (χ0) is 20.3. The first-order chi connectivity index (χ1) is 13.3. The molecule has 0 unspecified atom stereocenters. The topological polar surface area (TPSA) is 129 Å². The molecule has 0 saturated heterocycles. The molecule has 8 nitrogen and oxygen atoms in total. The summed E-state index contributed by atoms with van der Waals surface area (Å²) in [6, 6.07) is 12.6. The van der Waals surface area contributed by atoms with Gasteiger partial charge >= 0.3 is 0 Å². The van der Waals surface area contributed by atoms with Gasteiger partial charge in [-0.15, -0.1) is 0 Å². The monoisotopic (exact) mass is 402 g/mol. The normalized spacial score (nSPS) is 11.3. The van der Waals surface area contributed by atoms with Crippen LogP contribution in [0, 0.1) is 0 Å². The first kappa shape index (κ1) is 19.4. The number of benzene rings is 2. The summed E-state index contributed by atoms with van der Waals surface area (Å²) in [5.74, 6) is -1.47. The molecule has 3 aromatic rings. The molecule has 0 spiro atoms. The Bertz CT molecular complexity index is 1130. The summed E-state index contributed by atoms with van der Waals surface area (Å²) >= 11 is 0. The van der Waals surface area contributed by atoms with Crippen LogP contribution in [0.25, 0.3) is 11.0 Å². The molecule has 2 aromatic carbocycles. The van der Waals surface area contributed by atoms with Crippen molar-refractivity contribution in [1.29, 1.82) is 0 Å². The number of rotatable bonds is 7. The van der Waals surface area contributed by atoms with Crippen LogP contribution in [0.4, 0.5) is 5.69 Å². The fraction of sp³-hybridized carbons (Fsp3) is 0.158. The lowest BCUT2D eigenvalue weighted by atomic mass is 10.2. The molecule has 1 heterocycles. The minimum absolute atomic E-state index is 0.0904. The lowest BCUT2D eigenvalue weighted by Crippen LogP contribution is -2.19. The van der Waals surface area contributed by atoms with E-state index >= 15 is 0 Å². The van der Waals surface area contributed by atoms with E-state index in [1.54, 1.807) is 24.3 Å². The Morgan fingerprint density at radius 1 is 1.11 bits per heavy atom. The second-order valence-corrected chi connectivity index (χ2v) is 8.07. The van der Waals surface area contributed by atoms with Gasteiger partial charge in [-0.1, -0.05) is 12.1 Å². The van der Waals surface area contributed by atoms with Crippen molar-refractivity contribution in [3.05, 3.63) is 54.3 Å². The number of carbonyl (C=O) groups is 2. The summed E-state index contributed by atoms with van der Waals surface area (Å²) in [6.07, 6.45) is -0.300. The largest absolute Gasteiger partial charge is 0.497 e. The number of fused-ring (bicyclic) bond motifs is 1. The molecule has 0 bridgehead atoms. The summed E-state index contributed by atoms with van der Waals surface area (Å²) in [4.78, 5) is 24.0. The number of hydrogen-bond acceptors (Lipinski definition) is 6. The second kappa shape index (κ2) is 7.73. The van der Waals surface area contributed by atoms with Gasteiger partial charge in [-0.25, -0.2) is 8.42 Å².